The van der Waals surface area contributed by atoms with Crippen molar-refractivity contribution in [1.29, 1.82) is 0 Å². The molecule has 6 nitrogen and oxygen atoms in total. The Morgan fingerprint density at radius 3 is 2.42 bits per heavy atom. The van der Waals surface area contributed by atoms with E-state index < -0.39 is 0 Å². The third kappa shape index (κ3) is 8.82. The lowest BCUT2D eigenvalue weighted by Gasteiger charge is -2.45. The van der Waals surface area contributed by atoms with Gasteiger partial charge < -0.3 is 20.1 Å². The summed E-state index contributed by atoms with van der Waals surface area (Å²) in [5.74, 6) is 0.851. The van der Waals surface area contributed by atoms with Crippen molar-refractivity contribution in [2.24, 2.45) is 4.99 Å². The molecule has 1 fully saturated rings. The van der Waals surface area contributed by atoms with Crippen LogP contribution in [0.2, 0.25) is 0 Å². The predicted octanol–water partition coefficient (Wildman–Crippen LogP) is 2.08. The van der Waals surface area contributed by atoms with Crippen LogP contribution in [0.25, 0.3) is 0 Å². The highest BCUT2D eigenvalue weighted by Crippen LogP contribution is 2.20. The number of halogens is 1. The van der Waals surface area contributed by atoms with Gasteiger partial charge in [-0.3, -0.25) is 9.89 Å². The molecule has 0 radical (unpaired) electrons. The fourth-order valence-electron chi connectivity index (χ4n) is 2.83. The highest BCUT2D eigenvalue weighted by atomic mass is 127. The van der Waals surface area contributed by atoms with Crippen LogP contribution in [0.4, 0.5) is 0 Å². The molecule has 0 aromatic carbocycles. The molecule has 0 amide bonds. The minimum absolute atomic E-state index is 0. The molecule has 0 aliphatic carbocycles. The minimum Gasteiger partial charge on any atom is -0.382 e. The summed E-state index contributed by atoms with van der Waals surface area (Å²) in [6.45, 7) is 16.1. The standard InChI is InChI=1S/C17H36N4O2.HI/c1-7-22-10-8-9-19-16(18-6)20-13-17(4,5)21-11-14(2)23-15(3)12-21;/h14-15H,7-13H2,1-6H3,(H2,18,19,20);1H. The maximum absolute atomic E-state index is 5.83. The fraction of sp³-hybridized carbons (Fsp3) is 0.941. The summed E-state index contributed by atoms with van der Waals surface area (Å²) in [4.78, 5) is 6.80. The smallest absolute Gasteiger partial charge is 0.191 e. The number of rotatable bonds is 8. The van der Waals surface area contributed by atoms with Gasteiger partial charge in [0.2, 0.25) is 0 Å². The molecule has 144 valence electrons. The van der Waals surface area contributed by atoms with Crippen LogP contribution >= 0.6 is 24.0 Å². The lowest BCUT2D eigenvalue weighted by atomic mass is 10.00. The van der Waals surface area contributed by atoms with E-state index in [0.29, 0.717) is 0 Å². The number of morpholine rings is 1. The van der Waals surface area contributed by atoms with Crippen LogP contribution in [-0.4, -0.2) is 75.0 Å². The van der Waals surface area contributed by atoms with Crippen LogP contribution in [0, 0.1) is 0 Å². The van der Waals surface area contributed by atoms with E-state index in [9.17, 15) is 0 Å². The van der Waals surface area contributed by atoms with Crippen molar-refractivity contribution in [1.82, 2.24) is 15.5 Å². The van der Waals surface area contributed by atoms with Crippen LogP contribution in [0.3, 0.4) is 0 Å². The Hall–Kier alpha value is -0.120. The monoisotopic (exact) mass is 456 g/mol. The summed E-state index contributed by atoms with van der Waals surface area (Å²) in [5, 5.41) is 6.78. The van der Waals surface area contributed by atoms with E-state index in [4.69, 9.17) is 9.47 Å². The third-order valence-electron chi connectivity index (χ3n) is 4.15. The molecule has 1 saturated heterocycles. The van der Waals surface area contributed by atoms with Crippen molar-refractivity contribution in [2.75, 3.05) is 46.4 Å². The molecular weight excluding hydrogens is 419 g/mol. The van der Waals surface area contributed by atoms with Gasteiger partial charge in [0, 0.05) is 52.0 Å². The van der Waals surface area contributed by atoms with Gasteiger partial charge in [0.05, 0.1) is 12.2 Å². The van der Waals surface area contributed by atoms with E-state index in [1.165, 1.54) is 0 Å². The maximum atomic E-state index is 5.83. The van der Waals surface area contributed by atoms with Crippen molar-refractivity contribution >= 4 is 29.9 Å². The SMILES string of the molecule is CCOCCCNC(=NC)NCC(C)(C)N1CC(C)OC(C)C1.I. The minimum atomic E-state index is 0. The normalized spacial score (nSPS) is 22.8. The highest BCUT2D eigenvalue weighted by molar-refractivity contribution is 14.0. The second kappa shape index (κ2) is 12.3. The Morgan fingerprint density at radius 2 is 1.88 bits per heavy atom. The van der Waals surface area contributed by atoms with Crippen LogP contribution in [0.5, 0.6) is 0 Å². The summed E-state index contributed by atoms with van der Waals surface area (Å²) < 4.78 is 11.2. The Labute approximate surface area is 165 Å². The highest BCUT2D eigenvalue weighted by Gasteiger charge is 2.33. The van der Waals surface area contributed by atoms with E-state index in [-0.39, 0.29) is 41.7 Å². The molecule has 0 aromatic heterocycles. The number of hydrogen-bond donors (Lipinski definition) is 2. The van der Waals surface area contributed by atoms with Crippen LogP contribution in [0.15, 0.2) is 4.99 Å². The zero-order chi connectivity index (χ0) is 17.3. The number of nitrogens with zero attached hydrogens (tertiary/aromatic N) is 2. The van der Waals surface area contributed by atoms with E-state index >= 15 is 0 Å². The van der Waals surface area contributed by atoms with Gasteiger partial charge in [-0.2, -0.15) is 0 Å². The molecule has 1 heterocycles. The van der Waals surface area contributed by atoms with Crippen molar-refractivity contribution in [3.05, 3.63) is 0 Å². The van der Waals surface area contributed by atoms with Gasteiger partial charge in [0.25, 0.3) is 0 Å². The van der Waals surface area contributed by atoms with Gasteiger partial charge in [0.15, 0.2) is 5.96 Å². The van der Waals surface area contributed by atoms with Crippen molar-refractivity contribution < 1.29 is 9.47 Å². The van der Waals surface area contributed by atoms with Gasteiger partial charge in [-0.05, 0) is 41.0 Å². The Balaban J connectivity index is 0.00000529. The first-order valence-electron chi connectivity index (χ1n) is 8.81. The van der Waals surface area contributed by atoms with Crippen molar-refractivity contribution in [3.8, 4) is 0 Å². The number of aliphatic imine (C=N–C) groups is 1. The largest absolute Gasteiger partial charge is 0.382 e. The molecule has 24 heavy (non-hydrogen) atoms. The van der Waals surface area contributed by atoms with Crippen LogP contribution in [-0.2, 0) is 9.47 Å². The Bertz CT molecular complexity index is 356. The lowest BCUT2D eigenvalue weighted by molar-refractivity contribution is -0.0946. The maximum Gasteiger partial charge on any atom is 0.191 e. The summed E-state index contributed by atoms with van der Waals surface area (Å²) in [6.07, 6.45) is 1.55. The molecule has 0 spiro atoms. The van der Waals surface area contributed by atoms with Gasteiger partial charge >= 0.3 is 0 Å². The summed E-state index contributed by atoms with van der Waals surface area (Å²) in [5.41, 5.74) is 0.0508. The predicted molar refractivity (Wildman–Crippen MR) is 112 cm³/mol. The fourth-order valence-corrected chi connectivity index (χ4v) is 2.83. The average molecular weight is 456 g/mol. The second-order valence-corrected chi connectivity index (χ2v) is 6.88. The van der Waals surface area contributed by atoms with Crippen LogP contribution in [0.1, 0.15) is 41.0 Å². The van der Waals surface area contributed by atoms with E-state index in [1.807, 2.05) is 14.0 Å². The van der Waals surface area contributed by atoms with Gasteiger partial charge in [-0.25, -0.2) is 0 Å². The van der Waals surface area contributed by atoms with Crippen molar-refractivity contribution in [2.45, 2.75) is 58.8 Å². The summed E-state index contributed by atoms with van der Waals surface area (Å²) >= 11 is 0. The molecule has 0 bridgehead atoms. The molecule has 2 atom stereocenters. The molecule has 7 heteroatoms. The van der Waals surface area contributed by atoms with Crippen LogP contribution < -0.4 is 10.6 Å². The molecule has 2 N–H and O–H groups in total. The number of nitrogens with one attached hydrogen (secondary N) is 2. The average Bonchev–Trinajstić information content (AvgIpc) is 2.49. The first kappa shape index (κ1) is 23.9. The molecule has 1 rings (SSSR count). The Morgan fingerprint density at radius 1 is 1.25 bits per heavy atom. The van der Waals surface area contributed by atoms with Gasteiger partial charge in [-0.1, -0.05) is 0 Å². The molecule has 2 unspecified atom stereocenters. The molecule has 1 aliphatic rings. The number of guanidine groups is 1. The number of ether oxygens (including phenoxy) is 2. The summed E-state index contributed by atoms with van der Waals surface area (Å²) in [6, 6.07) is 0. The zero-order valence-electron chi connectivity index (χ0n) is 16.2. The quantitative estimate of drug-likeness (QED) is 0.254. The topological polar surface area (TPSA) is 58.1 Å². The van der Waals surface area contributed by atoms with E-state index in [1.54, 1.807) is 0 Å². The molecule has 0 aromatic rings. The number of hydrogen-bond acceptors (Lipinski definition) is 4. The zero-order valence-corrected chi connectivity index (χ0v) is 18.6. The molecular formula is C17H37IN4O2. The first-order valence-corrected chi connectivity index (χ1v) is 8.81. The van der Waals surface area contributed by atoms with Gasteiger partial charge in [0.1, 0.15) is 0 Å². The molecule has 0 saturated carbocycles. The molecule has 1 aliphatic heterocycles. The van der Waals surface area contributed by atoms with E-state index in [2.05, 4.69) is 48.2 Å². The van der Waals surface area contributed by atoms with Crippen molar-refractivity contribution in [3.63, 3.8) is 0 Å². The summed E-state index contributed by atoms with van der Waals surface area (Å²) in [7, 11) is 1.81. The first-order chi connectivity index (χ1) is 10.9. The third-order valence-corrected chi connectivity index (χ3v) is 4.15. The van der Waals surface area contributed by atoms with Gasteiger partial charge in [-0.15, -0.1) is 24.0 Å². The lowest BCUT2D eigenvalue weighted by Crippen LogP contribution is -2.59. The second-order valence-electron chi connectivity index (χ2n) is 6.88. The van der Waals surface area contributed by atoms with E-state index in [0.717, 1.165) is 51.8 Å². The Kier molecular flexibility index (Phi) is 12.2.